The summed E-state index contributed by atoms with van der Waals surface area (Å²) in [5.74, 6) is 2.11. The number of rotatable bonds is 7. The van der Waals surface area contributed by atoms with E-state index in [-0.39, 0.29) is 12.1 Å². The summed E-state index contributed by atoms with van der Waals surface area (Å²) in [5.41, 5.74) is 11.9. The fraction of sp³-hybridized carbons (Fsp3) is 0.607. The van der Waals surface area contributed by atoms with E-state index in [4.69, 9.17) is 15.7 Å². The predicted octanol–water partition coefficient (Wildman–Crippen LogP) is 5.42. The summed E-state index contributed by atoms with van der Waals surface area (Å²) in [4.78, 5) is 26.5. The Bertz CT molecular complexity index is 1040. The summed E-state index contributed by atoms with van der Waals surface area (Å²) in [7, 11) is 4.12. The lowest BCUT2D eigenvalue weighted by atomic mass is 9.88. The SMILES string of the molecule is CCc1cccc(C(C)C)c1N(C(N)=O)[C@H]1CC[C@@H](Nc2nc3c(c(N(C)C)n2)CCCC3)CC1. The van der Waals surface area contributed by atoms with Crippen LogP contribution >= 0.6 is 0 Å². The van der Waals surface area contributed by atoms with Gasteiger partial charge in [0.2, 0.25) is 5.95 Å². The number of urea groups is 1. The highest BCUT2D eigenvalue weighted by atomic mass is 16.2. The number of aromatic nitrogens is 2. The Kier molecular flexibility index (Phi) is 7.82. The van der Waals surface area contributed by atoms with Gasteiger partial charge in [-0.05, 0) is 74.8 Å². The molecule has 0 radical (unpaired) electrons. The van der Waals surface area contributed by atoms with E-state index in [0.29, 0.717) is 12.0 Å². The largest absolute Gasteiger partial charge is 0.362 e. The van der Waals surface area contributed by atoms with Crippen molar-refractivity contribution in [2.75, 3.05) is 29.2 Å². The number of fused-ring (bicyclic) bond motifs is 1. The lowest BCUT2D eigenvalue weighted by Crippen LogP contribution is -2.47. The van der Waals surface area contributed by atoms with Crippen LogP contribution in [0.1, 0.15) is 87.6 Å². The van der Waals surface area contributed by atoms with Crippen molar-refractivity contribution in [3.8, 4) is 0 Å². The molecule has 35 heavy (non-hydrogen) atoms. The van der Waals surface area contributed by atoms with Crippen LogP contribution in [0.5, 0.6) is 0 Å². The zero-order valence-corrected chi connectivity index (χ0v) is 22.1. The molecule has 0 spiro atoms. The van der Waals surface area contributed by atoms with E-state index < -0.39 is 0 Å². The van der Waals surface area contributed by atoms with Gasteiger partial charge in [-0.3, -0.25) is 4.90 Å². The molecule has 0 bridgehead atoms. The number of carbonyl (C=O) groups excluding carboxylic acids is 1. The van der Waals surface area contributed by atoms with Gasteiger partial charge in [0.15, 0.2) is 0 Å². The zero-order chi connectivity index (χ0) is 25.1. The van der Waals surface area contributed by atoms with E-state index >= 15 is 0 Å². The van der Waals surface area contributed by atoms with Crippen LogP contribution in [0.25, 0.3) is 0 Å². The van der Waals surface area contributed by atoms with Crippen LogP contribution < -0.4 is 20.9 Å². The van der Waals surface area contributed by atoms with E-state index in [1.807, 2.05) is 4.90 Å². The Morgan fingerprint density at radius 2 is 1.83 bits per heavy atom. The number of aryl methyl sites for hydroxylation is 2. The fourth-order valence-corrected chi connectivity index (χ4v) is 5.80. The first kappa shape index (κ1) is 25.3. The van der Waals surface area contributed by atoms with Crippen molar-refractivity contribution in [1.29, 1.82) is 0 Å². The summed E-state index contributed by atoms with van der Waals surface area (Å²) >= 11 is 0. The van der Waals surface area contributed by atoms with Crippen LogP contribution in [0.4, 0.5) is 22.2 Å². The van der Waals surface area contributed by atoms with Gasteiger partial charge in [0.05, 0.1) is 11.4 Å². The van der Waals surface area contributed by atoms with Crippen molar-refractivity contribution >= 4 is 23.5 Å². The highest BCUT2D eigenvalue weighted by Gasteiger charge is 2.32. The smallest absolute Gasteiger partial charge is 0.319 e. The Balaban J connectivity index is 1.51. The molecule has 0 atom stereocenters. The molecule has 2 aliphatic carbocycles. The van der Waals surface area contributed by atoms with Crippen molar-refractivity contribution in [3.63, 3.8) is 0 Å². The lowest BCUT2D eigenvalue weighted by Gasteiger charge is -2.38. The molecule has 1 fully saturated rings. The topological polar surface area (TPSA) is 87.4 Å². The molecule has 1 saturated carbocycles. The number of benzene rings is 1. The van der Waals surface area contributed by atoms with Gasteiger partial charge < -0.3 is 16.0 Å². The number of hydrogen-bond acceptors (Lipinski definition) is 5. The molecule has 4 rings (SSSR count). The molecule has 0 saturated heterocycles. The fourth-order valence-electron chi connectivity index (χ4n) is 5.80. The van der Waals surface area contributed by atoms with Crippen LogP contribution in [0.2, 0.25) is 0 Å². The summed E-state index contributed by atoms with van der Waals surface area (Å²) in [5, 5.41) is 3.62. The maximum atomic E-state index is 12.8. The van der Waals surface area contributed by atoms with Crippen molar-refractivity contribution < 1.29 is 4.79 Å². The van der Waals surface area contributed by atoms with Crippen molar-refractivity contribution in [2.45, 2.75) is 96.6 Å². The Morgan fingerprint density at radius 1 is 1.11 bits per heavy atom. The van der Waals surface area contributed by atoms with Gasteiger partial charge in [0, 0.05) is 31.7 Å². The molecule has 0 unspecified atom stereocenters. The minimum Gasteiger partial charge on any atom is -0.362 e. The molecule has 1 aromatic heterocycles. The average molecular weight is 479 g/mol. The molecule has 7 nitrogen and oxygen atoms in total. The van der Waals surface area contributed by atoms with Crippen LogP contribution in [-0.4, -0.2) is 42.2 Å². The first-order chi connectivity index (χ1) is 16.8. The van der Waals surface area contributed by atoms with Crippen LogP contribution in [0.3, 0.4) is 0 Å². The Morgan fingerprint density at radius 3 is 2.46 bits per heavy atom. The van der Waals surface area contributed by atoms with Gasteiger partial charge in [-0.2, -0.15) is 4.98 Å². The molecule has 2 amide bonds. The first-order valence-corrected chi connectivity index (χ1v) is 13.3. The highest BCUT2D eigenvalue weighted by molar-refractivity contribution is 5.93. The minimum absolute atomic E-state index is 0.109. The summed E-state index contributed by atoms with van der Waals surface area (Å²) in [6, 6.07) is 6.41. The van der Waals surface area contributed by atoms with Crippen LogP contribution in [0.15, 0.2) is 18.2 Å². The zero-order valence-electron chi connectivity index (χ0n) is 22.1. The second-order valence-electron chi connectivity index (χ2n) is 10.6. The molecule has 2 aromatic rings. The standard InChI is InChI=1S/C28H42N6O/c1-6-19-10-9-12-22(18(2)3)25(19)34(27(29)35)21-16-14-20(15-17-21)30-28-31-24-13-8-7-11-23(24)26(32-28)33(4)5/h9-10,12,18,20-21H,6-8,11,13-17H2,1-5H3,(H2,29,35)(H,30,31,32)/t20-,21+. The van der Waals surface area contributed by atoms with Crippen molar-refractivity contribution in [2.24, 2.45) is 5.73 Å². The van der Waals surface area contributed by atoms with Crippen molar-refractivity contribution in [3.05, 3.63) is 40.6 Å². The third-order valence-corrected chi connectivity index (χ3v) is 7.61. The molecular formula is C28H42N6O. The molecule has 1 heterocycles. The van der Waals surface area contributed by atoms with Gasteiger partial charge in [0.1, 0.15) is 5.82 Å². The van der Waals surface area contributed by atoms with E-state index in [1.54, 1.807) is 0 Å². The average Bonchev–Trinajstić information content (AvgIpc) is 2.84. The van der Waals surface area contributed by atoms with Crippen LogP contribution in [0, 0.1) is 0 Å². The van der Waals surface area contributed by atoms with E-state index in [0.717, 1.165) is 62.4 Å². The van der Waals surface area contributed by atoms with Crippen LogP contribution in [-0.2, 0) is 19.3 Å². The third kappa shape index (κ3) is 5.39. The number of anilines is 3. The number of nitrogens with one attached hydrogen (secondary N) is 1. The molecule has 0 aliphatic heterocycles. The minimum atomic E-state index is -0.349. The summed E-state index contributed by atoms with van der Waals surface area (Å²) in [6.07, 6.45) is 9.10. The van der Waals surface area contributed by atoms with Gasteiger partial charge >= 0.3 is 6.03 Å². The molecular weight excluding hydrogens is 436 g/mol. The summed E-state index contributed by atoms with van der Waals surface area (Å²) in [6.45, 7) is 6.50. The molecule has 3 N–H and O–H groups in total. The normalized spacial score (nSPS) is 19.8. The van der Waals surface area contributed by atoms with Gasteiger partial charge in [-0.1, -0.05) is 39.0 Å². The van der Waals surface area contributed by atoms with Crippen molar-refractivity contribution in [1.82, 2.24) is 9.97 Å². The first-order valence-electron chi connectivity index (χ1n) is 13.3. The number of para-hydroxylation sites is 1. The number of nitrogens with zero attached hydrogens (tertiary/aromatic N) is 4. The van der Waals surface area contributed by atoms with Gasteiger partial charge in [-0.25, -0.2) is 9.78 Å². The third-order valence-electron chi connectivity index (χ3n) is 7.61. The quantitative estimate of drug-likeness (QED) is 0.555. The molecule has 7 heteroatoms. The van der Waals surface area contributed by atoms with E-state index in [1.165, 1.54) is 35.2 Å². The van der Waals surface area contributed by atoms with Gasteiger partial charge in [0.25, 0.3) is 0 Å². The maximum Gasteiger partial charge on any atom is 0.319 e. The number of hydrogen-bond donors (Lipinski definition) is 2. The second-order valence-corrected chi connectivity index (χ2v) is 10.6. The predicted molar refractivity (Wildman–Crippen MR) is 145 cm³/mol. The number of carbonyl (C=O) groups is 1. The molecule has 2 aliphatic rings. The highest BCUT2D eigenvalue weighted by Crippen LogP contribution is 2.37. The number of primary amides is 1. The maximum absolute atomic E-state index is 12.8. The monoisotopic (exact) mass is 478 g/mol. The summed E-state index contributed by atoms with van der Waals surface area (Å²) < 4.78 is 0. The van der Waals surface area contributed by atoms with E-state index in [2.05, 4.69) is 63.3 Å². The molecule has 1 aromatic carbocycles. The molecule has 190 valence electrons. The van der Waals surface area contributed by atoms with E-state index in [9.17, 15) is 4.79 Å². The Labute approximate surface area is 210 Å². The lowest BCUT2D eigenvalue weighted by molar-refractivity contribution is 0.248. The Hall–Kier alpha value is -2.83. The van der Waals surface area contributed by atoms with Gasteiger partial charge in [-0.15, -0.1) is 0 Å². The number of amides is 2. The number of nitrogens with two attached hydrogens (primary N) is 1. The second kappa shape index (κ2) is 10.8.